The summed E-state index contributed by atoms with van der Waals surface area (Å²) in [6, 6.07) is 13.0. The van der Waals surface area contributed by atoms with Gasteiger partial charge in [-0.3, -0.25) is 9.59 Å². The van der Waals surface area contributed by atoms with E-state index in [4.69, 9.17) is 0 Å². The Hall–Kier alpha value is -2.86. The van der Waals surface area contributed by atoms with Gasteiger partial charge in [0.15, 0.2) is 0 Å². The molecule has 0 aliphatic carbocycles. The fourth-order valence-corrected chi connectivity index (χ4v) is 3.35. The molecule has 2 heterocycles. The van der Waals surface area contributed by atoms with E-state index in [9.17, 15) is 9.59 Å². The molecule has 0 saturated carbocycles. The first-order valence-corrected chi connectivity index (χ1v) is 8.88. The van der Waals surface area contributed by atoms with E-state index in [1.807, 2.05) is 40.5 Å². The van der Waals surface area contributed by atoms with Crippen molar-refractivity contribution >= 4 is 34.5 Å². The van der Waals surface area contributed by atoms with Crippen LogP contribution < -0.4 is 10.6 Å². The third-order valence-corrected chi connectivity index (χ3v) is 4.48. The molecule has 1 aromatic carbocycles. The SMILES string of the molecule is CC(=O)Nc1ccc(NC(=O)CC(c2ccsc2)n2cccc2)cc1. The minimum absolute atomic E-state index is 0.0279. The highest BCUT2D eigenvalue weighted by Crippen LogP contribution is 2.25. The topological polar surface area (TPSA) is 63.1 Å². The van der Waals surface area contributed by atoms with Crippen molar-refractivity contribution in [3.05, 3.63) is 71.2 Å². The van der Waals surface area contributed by atoms with Crippen molar-refractivity contribution in [3.8, 4) is 0 Å². The van der Waals surface area contributed by atoms with Crippen LogP contribution in [0.3, 0.4) is 0 Å². The summed E-state index contributed by atoms with van der Waals surface area (Å²) in [6.45, 7) is 1.46. The molecular weight excluding hydrogens is 334 g/mol. The maximum Gasteiger partial charge on any atom is 0.226 e. The molecule has 128 valence electrons. The summed E-state index contributed by atoms with van der Waals surface area (Å²) < 4.78 is 2.04. The summed E-state index contributed by atoms with van der Waals surface area (Å²) in [5, 5.41) is 9.70. The van der Waals surface area contributed by atoms with Crippen LogP contribution in [0.25, 0.3) is 0 Å². The average Bonchev–Trinajstić information content (AvgIpc) is 3.28. The summed E-state index contributed by atoms with van der Waals surface area (Å²) in [5.74, 6) is -0.181. The number of amides is 2. The molecule has 0 bridgehead atoms. The van der Waals surface area contributed by atoms with Crippen molar-refractivity contribution in [2.75, 3.05) is 10.6 Å². The van der Waals surface area contributed by atoms with E-state index in [2.05, 4.69) is 16.0 Å². The number of hydrogen-bond acceptors (Lipinski definition) is 3. The first-order chi connectivity index (χ1) is 12.1. The van der Waals surface area contributed by atoms with E-state index in [1.54, 1.807) is 35.6 Å². The van der Waals surface area contributed by atoms with Crippen LogP contribution >= 0.6 is 11.3 Å². The molecule has 0 spiro atoms. The molecule has 25 heavy (non-hydrogen) atoms. The van der Waals surface area contributed by atoms with Gasteiger partial charge in [0.1, 0.15) is 0 Å². The van der Waals surface area contributed by atoms with Crippen LogP contribution in [0.5, 0.6) is 0 Å². The van der Waals surface area contributed by atoms with Gasteiger partial charge in [0.25, 0.3) is 0 Å². The van der Waals surface area contributed by atoms with Crippen molar-refractivity contribution in [3.63, 3.8) is 0 Å². The van der Waals surface area contributed by atoms with E-state index in [0.29, 0.717) is 17.8 Å². The molecule has 3 aromatic rings. The fourth-order valence-electron chi connectivity index (χ4n) is 2.64. The standard InChI is InChI=1S/C19H19N3O2S/c1-14(23)20-16-4-6-17(7-5-16)21-19(24)12-18(15-8-11-25-13-15)22-9-2-3-10-22/h2-11,13,18H,12H2,1H3,(H,20,23)(H,21,24). The summed E-state index contributed by atoms with van der Waals surface area (Å²) in [6.07, 6.45) is 4.29. The Labute approximate surface area is 150 Å². The van der Waals surface area contributed by atoms with Gasteiger partial charge in [-0.05, 0) is 58.8 Å². The highest BCUT2D eigenvalue weighted by molar-refractivity contribution is 7.08. The van der Waals surface area contributed by atoms with Crippen molar-refractivity contribution in [1.29, 1.82) is 0 Å². The second-order valence-corrected chi connectivity index (χ2v) is 6.49. The molecule has 0 radical (unpaired) electrons. The molecule has 3 rings (SSSR count). The lowest BCUT2D eigenvalue weighted by Crippen LogP contribution is -2.19. The average molecular weight is 353 g/mol. The Morgan fingerprint density at radius 3 is 2.24 bits per heavy atom. The van der Waals surface area contributed by atoms with Gasteiger partial charge in [0, 0.05) is 30.7 Å². The zero-order valence-electron chi connectivity index (χ0n) is 13.8. The van der Waals surface area contributed by atoms with E-state index < -0.39 is 0 Å². The molecule has 0 saturated heterocycles. The second kappa shape index (κ2) is 7.81. The van der Waals surface area contributed by atoms with Crippen molar-refractivity contribution in [2.45, 2.75) is 19.4 Å². The zero-order chi connectivity index (χ0) is 17.6. The molecule has 6 heteroatoms. The lowest BCUT2D eigenvalue weighted by Gasteiger charge is -2.18. The second-order valence-electron chi connectivity index (χ2n) is 5.71. The minimum Gasteiger partial charge on any atom is -0.346 e. The van der Waals surface area contributed by atoms with E-state index in [-0.39, 0.29) is 17.9 Å². The number of rotatable bonds is 6. The number of carbonyl (C=O) groups excluding carboxylic acids is 2. The number of thiophene rings is 1. The highest BCUT2D eigenvalue weighted by Gasteiger charge is 2.17. The number of hydrogen-bond donors (Lipinski definition) is 2. The number of nitrogens with zero attached hydrogens (tertiary/aromatic N) is 1. The van der Waals surface area contributed by atoms with E-state index in [1.165, 1.54) is 6.92 Å². The summed E-state index contributed by atoms with van der Waals surface area (Å²) >= 11 is 1.62. The third-order valence-electron chi connectivity index (χ3n) is 3.78. The van der Waals surface area contributed by atoms with Gasteiger partial charge in [0.05, 0.1) is 12.5 Å². The molecule has 0 aliphatic rings. The van der Waals surface area contributed by atoms with Gasteiger partial charge < -0.3 is 15.2 Å². The van der Waals surface area contributed by atoms with Gasteiger partial charge in [-0.1, -0.05) is 0 Å². The van der Waals surface area contributed by atoms with E-state index in [0.717, 1.165) is 5.56 Å². The van der Waals surface area contributed by atoms with E-state index >= 15 is 0 Å². The van der Waals surface area contributed by atoms with Gasteiger partial charge in [-0.25, -0.2) is 0 Å². The molecule has 5 nitrogen and oxygen atoms in total. The monoisotopic (exact) mass is 353 g/mol. The van der Waals surface area contributed by atoms with Crippen LogP contribution in [-0.2, 0) is 9.59 Å². The first-order valence-electron chi connectivity index (χ1n) is 7.94. The molecule has 1 unspecified atom stereocenters. The predicted molar refractivity (Wildman–Crippen MR) is 101 cm³/mol. The van der Waals surface area contributed by atoms with Gasteiger partial charge in [-0.15, -0.1) is 0 Å². The quantitative estimate of drug-likeness (QED) is 0.700. The van der Waals surface area contributed by atoms with Crippen LogP contribution in [0, 0.1) is 0 Å². The molecule has 1 atom stereocenters. The van der Waals surface area contributed by atoms with Crippen LogP contribution in [0.1, 0.15) is 24.9 Å². The molecule has 0 aliphatic heterocycles. The van der Waals surface area contributed by atoms with Crippen LogP contribution in [0.4, 0.5) is 11.4 Å². The molecule has 2 N–H and O–H groups in total. The van der Waals surface area contributed by atoms with Gasteiger partial charge in [-0.2, -0.15) is 11.3 Å². The summed E-state index contributed by atoms with van der Waals surface area (Å²) in [5.41, 5.74) is 2.53. The minimum atomic E-state index is -0.123. The summed E-state index contributed by atoms with van der Waals surface area (Å²) in [7, 11) is 0. The number of carbonyl (C=O) groups is 2. The Bertz CT molecular complexity index is 790. The van der Waals surface area contributed by atoms with Crippen LogP contribution in [0.2, 0.25) is 0 Å². The Balaban J connectivity index is 1.67. The van der Waals surface area contributed by atoms with Crippen LogP contribution in [-0.4, -0.2) is 16.4 Å². The number of anilines is 2. The normalized spacial score (nSPS) is 11.7. The molecule has 2 amide bonds. The number of benzene rings is 1. The smallest absolute Gasteiger partial charge is 0.226 e. The fraction of sp³-hybridized carbons (Fsp3) is 0.158. The van der Waals surface area contributed by atoms with Gasteiger partial charge in [0.2, 0.25) is 11.8 Å². The third kappa shape index (κ3) is 4.58. The maximum atomic E-state index is 12.5. The Morgan fingerprint density at radius 1 is 1.04 bits per heavy atom. The number of aromatic nitrogens is 1. The lowest BCUT2D eigenvalue weighted by atomic mass is 10.1. The molecular formula is C19H19N3O2S. The summed E-state index contributed by atoms with van der Waals surface area (Å²) in [4.78, 5) is 23.5. The first kappa shape index (κ1) is 17.0. The Morgan fingerprint density at radius 2 is 1.68 bits per heavy atom. The van der Waals surface area contributed by atoms with Gasteiger partial charge >= 0.3 is 0 Å². The molecule has 2 aromatic heterocycles. The number of nitrogens with one attached hydrogen (secondary N) is 2. The lowest BCUT2D eigenvalue weighted by molar-refractivity contribution is -0.117. The largest absolute Gasteiger partial charge is 0.346 e. The highest BCUT2D eigenvalue weighted by atomic mass is 32.1. The zero-order valence-corrected chi connectivity index (χ0v) is 14.6. The predicted octanol–water partition coefficient (Wildman–Crippen LogP) is 4.13. The molecule has 0 fully saturated rings. The van der Waals surface area contributed by atoms with Crippen molar-refractivity contribution < 1.29 is 9.59 Å². The van der Waals surface area contributed by atoms with Crippen LogP contribution in [0.15, 0.2) is 65.6 Å². The Kier molecular flexibility index (Phi) is 5.30. The maximum absolute atomic E-state index is 12.5. The van der Waals surface area contributed by atoms with Crippen molar-refractivity contribution in [2.24, 2.45) is 0 Å². The van der Waals surface area contributed by atoms with Crippen molar-refractivity contribution in [1.82, 2.24) is 4.57 Å².